The average Bonchev–Trinajstić information content (AvgIpc) is 2.26. The van der Waals surface area contributed by atoms with Gasteiger partial charge >= 0.3 is 0 Å². The van der Waals surface area contributed by atoms with E-state index in [-0.39, 0.29) is 0 Å². The first-order chi connectivity index (χ1) is 7.29. The van der Waals surface area contributed by atoms with Crippen LogP contribution in [0, 0.1) is 0 Å². The Morgan fingerprint density at radius 1 is 1.67 bits per heavy atom. The minimum Gasteiger partial charge on any atom is -0.380 e. The molecule has 1 unspecified atom stereocenters. The summed E-state index contributed by atoms with van der Waals surface area (Å²) in [6.07, 6.45) is 4.95. The van der Waals surface area contributed by atoms with E-state index in [2.05, 4.69) is 21.9 Å². The van der Waals surface area contributed by atoms with Gasteiger partial charge in [0.1, 0.15) is 5.82 Å². The molecule has 1 aromatic heterocycles. The lowest BCUT2D eigenvalue weighted by Crippen LogP contribution is -2.33. The molecule has 1 aliphatic heterocycles. The quantitative estimate of drug-likeness (QED) is 0.856. The molecule has 1 aliphatic rings. The fourth-order valence-corrected chi connectivity index (χ4v) is 2.28. The molecule has 3 nitrogen and oxygen atoms in total. The number of pyridine rings is 1. The van der Waals surface area contributed by atoms with Crippen LogP contribution in [0.4, 0.5) is 11.5 Å². The molecular formula is C10H14ClN3S. The molecule has 15 heavy (non-hydrogen) atoms. The highest BCUT2D eigenvalue weighted by molar-refractivity contribution is 7.98. The topological polar surface area (TPSA) is 37.0 Å². The van der Waals surface area contributed by atoms with Crippen molar-refractivity contribution in [3.8, 4) is 0 Å². The van der Waals surface area contributed by atoms with E-state index in [4.69, 9.17) is 11.6 Å². The van der Waals surface area contributed by atoms with E-state index in [0.29, 0.717) is 11.1 Å². The highest BCUT2D eigenvalue weighted by Gasteiger charge is 2.17. The lowest BCUT2D eigenvalue weighted by molar-refractivity contribution is 0.714. The van der Waals surface area contributed by atoms with Gasteiger partial charge in [-0.25, -0.2) is 4.98 Å². The van der Waals surface area contributed by atoms with Crippen LogP contribution >= 0.6 is 23.4 Å². The molecule has 0 radical (unpaired) electrons. The van der Waals surface area contributed by atoms with Gasteiger partial charge in [0.15, 0.2) is 0 Å². The molecule has 0 fully saturated rings. The van der Waals surface area contributed by atoms with Crippen LogP contribution in [0.15, 0.2) is 12.3 Å². The number of nitrogens with zero attached hydrogens (tertiary/aromatic N) is 1. The molecule has 0 saturated heterocycles. The summed E-state index contributed by atoms with van der Waals surface area (Å²) in [7, 11) is 0. The summed E-state index contributed by atoms with van der Waals surface area (Å²) in [5, 5.41) is 7.43. The lowest BCUT2D eigenvalue weighted by atomic mass is 10.1. The molecule has 5 heteroatoms. The number of aromatic nitrogens is 1. The Kier molecular flexibility index (Phi) is 3.59. The Labute approximate surface area is 99.0 Å². The molecular weight excluding hydrogens is 230 g/mol. The van der Waals surface area contributed by atoms with Gasteiger partial charge < -0.3 is 10.6 Å². The smallest absolute Gasteiger partial charge is 0.149 e. The van der Waals surface area contributed by atoms with Gasteiger partial charge in [-0.2, -0.15) is 11.8 Å². The molecule has 0 bridgehead atoms. The van der Waals surface area contributed by atoms with Crippen LogP contribution in [-0.2, 0) is 0 Å². The molecule has 0 amide bonds. The SMILES string of the molecule is CSCCC1CNc2cc(Cl)cnc2N1. The van der Waals surface area contributed by atoms with E-state index in [0.717, 1.165) is 24.5 Å². The maximum atomic E-state index is 5.86. The lowest BCUT2D eigenvalue weighted by Gasteiger charge is -2.27. The van der Waals surface area contributed by atoms with Gasteiger partial charge in [0.05, 0.1) is 10.7 Å². The standard InChI is InChI=1S/C10H14ClN3S/c1-15-3-2-8-6-12-9-4-7(11)5-13-10(9)14-8/h4-5,8,12H,2-3,6H2,1H3,(H,13,14). The van der Waals surface area contributed by atoms with Crippen molar-refractivity contribution < 1.29 is 0 Å². The molecule has 2 heterocycles. The summed E-state index contributed by atoms with van der Waals surface area (Å²) >= 11 is 7.73. The minimum absolute atomic E-state index is 0.471. The summed E-state index contributed by atoms with van der Waals surface area (Å²) in [5.41, 5.74) is 1.00. The third-order valence-corrected chi connectivity index (χ3v) is 3.26. The Bertz CT molecular complexity index is 345. The number of hydrogen-bond donors (Lipinski definition) is 2. The number of anilines is 2. The summed E-state index contributed by atoms with van der Waals surface area (Å²) < 4.78 is 0. The largest absolute Gasteiger partial charge is 0.380 e. The van der Waals surface area contributed by atoms with Gasteiger partial charge in [0.2, 0.25) is 0 Å². The molecule has 2 N–H and O–H groups in total. The number of fused-ring (bicyclic) bond motifs is 1. The van der Waals surface area contributed by atoms with Crippen molar-refractivity contribution in [1.82, 2.24) is 4.98 Å². The zero-order chi connectivity index (χ0) is 10.7. The molecule has 0 spiro atoms. The van der Waals surface area contributed by atoms with Crippen molar-refractivity contribution in [2.75, 3.05) is 29.2 Å². The van der Waals surface area contributed by atoms with Crippen LogP contribution in [0.5, 0.6) is 0 Å². The Balaban J connectivity index is 2.03. The van der Waals surface area contributed by atoms with Crippen LogP contribution in [0.3, 0.4) is 0 Å². The maximum Gasteiger partial charge on any atom is 0.149 e. The predicted molar refractivity (Wildman–Crippen MR) is 68.1 cm³/mol. The van der Waals surface area contributed by atoms with Crippen molar-refractivity contribution in [2.45, 2.75) is 12.5 Å². The van der Waals surface area contributed by atoms with E-state index >= 15 is 0 Å². The van der Waals surface area contributed by atoms with Crippen LogP contribution in [0.25, 0.3) is 0 Å². The third kappa shape index (κ3) is 2.69. The second-order valence-electron chi connectivity index (χ2n) is 3.55. The molecule has 0 aromatic carbocycles. The van der Waals surface area contributed by atoms with Crippen LogP contribution < -0.4 is 10.6 Å². The second kappa shape index (κ2) is 4.94. The fourth-order valence-electron chi connectivity index (χ4n) is 1.60. The summed E-state index contributed by atoms with van der Waals surface area (Å²) in [4.78, 5) is 4.26. The fraction of sp³-hybridized carbons (Fsp3) is 0.500. The van der Waals surface area contributed by atoms with Gasteiger partial charge in [-0.1, -0.05) is 11.6 Å². The first-order valence-electron chi connectivity index (χ1n) is 4.94. The summed E-state index contributed by atoms with van der Waals surface area (Å²) in [6, 6.07) is 2.38. The van der Waals surface area contributed by atoms with Gasteiger partial charge in [0, 0.05) is 18.8 Å². The number of nitrogens with one attached hydrogen (secondary N) is 2. The number of rotatable bonds is 3. The molecule has 82 valence electrons. The monoisotopic (exact) mass is 243 g/mol. The Morgan fingerprint density at radius 2 is 2.53 bits per heavy atom. The van der Waals surface area contributed by atoms with E-state index in [9.17, 15) is 0 Å². The van der Waals surface area contributed by atoms with Crippen LogP contribution in [0.1, 0.15) is 6.42 Å². The molecule has 1 aromatic rings. The minimum atomic E-state index is 0.471. The van der Waals surface area contributed by atoms with Crippen molar-refractivity contribution in [3.05, 3.63) is 17.3 Å². The van der Waals surface area contributed by atoms with Gasteiger partial charge in [-0.15, -0.1) is 0 Å². The number of hydrogen-bond acceptors (Lipinski definition) is 4. The van der Waals surface area contributed by atoms with E-state index in [1.54, 1.807) is 6.20 Å². The van der Waals surface area contributed by atoms with Gasteiger partial charge in [0.25, 0.3) is 0 Å². The zero-order valence-electron chi connectivity index (χ0n) is 8.59. The van der Waals surface area contributed by atoms with Crippen molar-refractivity contribution in [3.63, 3.8) is 0 Å². The van der Waals surface area contributed by atoms with Crippen LogP contribution in [0.2, 0.25) is 5.02 Å². The third-order valence-electron chi connectivity index (χ3n) is 2.40. The normalized spacial score (nSPS) is 18.9. The van der Waals surface area contributed by atoms with Crippen molar-refractivity contribution >= 4 is 34.9 Å². The Morgan fingerprint density at radius 3 is 3.33 bits per heavy atom. The maximum absolute atomic E-state index is 5.86. The molecule has 0 aliphatic carbocycles. The average molecular weight is 244 g/mol. The second-order valence-corrected chi connectivity index (χ2v) is 4.98. The summed E-state index contributed by atoms with van der Waals surface area (Å²) in [5.74, 6) is 2.08. The van der Waals surface area contributed by atoms with Gasteiger partial charge in [-0.05, 0) is 24.5 Å². The van der Waals surface area contributed by atoms with Crippen LogP contribution in [-0.4, -0.2) is 29.6 Å². The molecule has 2 rings (SSSR count). The highest BCUT2D eigenvalue weighted by atomic mass is 35.5. The number of thioether (sulfide) groups is 1. The number of halogens is 1. The zero-order valence-corrected chi connectivity index (χ0v) is 10.2. The summed E-state index contributed by atoms with van der Waals surface area (Å²) in [6.45, 7) is 0.940. The van der Waals surface area contributed by atoms with E-state index in [1.807, 2.05) is 17.8 Å². The van der Waals surface area contributed by atoms with Crippen molar-refractivity contribution in [1.29, 1.82) is 0 Å². The van der Waals surface area contributed by atoms with E-state index < -0.39 is 0 Å². The highest BCUT2D eigenvalue weighted by Crippen LogP contribution is 2.27. The Hall–Kier alpha value is -0.610. The van der Waals surface area contributed by atoms with Gasteiger partial charge in [-0.3, -0.25) is 0 Å². The molecule has 1 atom stereocenters. The van der Waals surface area contributed by atoms with Crippen molar-refractivity contribution in [2.24, 2.45) is 0 Å². The van der Waals surface area contributed by atoms with E-state index in [1.165, 1.54) is 5.75 Å². The molecule has 0 saturated carbocycles. The predicted octanol–water partition coefficient (Wildman–Crippen LogP) is 2.69. The first kappa shape index (κ1) is 10.9. The first-order valence-corrected chi connectivity index (χ1v) is 6.71.